The second kappa shape index (κ2) is 12.0. The van der Waals surface area contributed by atoms with Gasteiger partial charge in [0.1, 0.15) is 17.3 Å². The second-order valence-electron chi connectivity index (χ2n) is 7.08. The Morgan fingerprint density at radius 3 is 2.84 bits per heavy atom. The predicted octanol–water partition coefficient (Wildman–Crippen LogP) is 4.52. The van der Waals surface area contributed by atoms with Crippen molar-refractivity contribution < 1.29 is 14.3 Å². The number of carbonyl (C=O) groups is 1. The van der Waals surface area contributed by atoms with Gasteiger partial charge in [-0.25, -0.2) is 0 Å². The number of benzene rings is 2. The molecule has 2 aromatic carbocycles. The summed E-state index contributed by atoms with van der Waals surface area (Å²) in [4.78, 5) is 12.4. The fourth-order valence-corrected chi connectivity index (χ4v) is 3.85. The van der Waals surface area contributed by atoms with E-state index in [-0.39, 0.29) is 11.7 Å². The van der Waals surface area contributed by atoms with Gasteiger partial charge in [0.2, 0.25) is 5.91 Å². The van der Waals surface area contributed by atoms with E-state index in [0.29, 0.717) is 29.7 Å². The number of hydrogen-bond donors (Lipinski definition) is 1. The maximum absolute atomic E-state index is 12.4. The molecule has 0 saturated carbocycles. The van der Waals surface area contributed by atoms with Gasteiger partial charge in [-0.1, -0.05) is 42.1 Å². The number of allylic oxidation sites excluding steroid dienone is 1. The van der Waals surface area contributed by atoms with E-state index in [1.807, 2.05) is 54.0 Å². The standard InChI is InChI=1S/C24H28N4O3S/c1-4-14-28-22(13-8-15-31-21-12-6-5-9-18(21)2)26-27-24(28)32-17-23(29)25-19-10-7-11-20(16-19)30-3/h4-7,9-12,16H,1,8,13-15,17H2,2-3H3,(H,25,29). The van der Waals surface area contributed by atoms with Gasteiger partial charge in [-0.2, -0.15) is 0 Å². The third-order valence-electron chi connectivity index (χ3n) is 4.69. The minimum atomic E-state index is -0.121. The molecule has 168 valence electrons. The summed E-state index contributed by atoms with van der Waals surface area (Å²) in [5.41, 5.74) is 1.81. The first-order valence-corrected chi connectivity index (χ1v) is 11.4. The molecule has 3 aromatic rings. The minimum absolute atomic E-state index is 0.121. The van der Waals surface area contributed by atoms with E-state index >= 15 is 0 Å². The van der Waals surface area contributed by atoms with Crippen molar-refractivity contribution >= 4 is 23.4 Å². The van der Waals surface area contributed by atoms with Crippen LogP contribution in [0.4, 0.5) is 5.69 Å². The van der Waals surface area contributed by atoms with E-state index in [2.05, 4.69) is 22.1 Å². The van der Waals surface area contributed by atoms with Crippen LogP contribution in [0.25, 0.3) is 0 Å². The first-order chi connectivity index (χ1) is 15.6. The van der Waals surface area contributed by atoms with Crippen LogP contribution in [-0.4, -0.2) is 40.1 Å². The lowest BCUT2D eigenvalue weighted by molar-refractivity contribution is -0.113. The molecule has 32 heavy (non-hydrogen) atoms. The molecule has 0 bridgehead atoms. The number of carbonyl (C=O) groups excluding carboxylic acids is 1. The molecule has 1 heterocycles. The molecule has 0 unspecified atom stereocenters. The molecule has 1 aromatic heterocycles. The first kappa shape index (κ1) is 23.4. The monoisotopic (exact) mass is 452 g/mol. The van der Waals surface area contributed by atoms with E-state index in [0.717, 1.165) is 30.0 Å². The number of nitrogens with zero attached hydrogens (tertiary/aromatic N) is 3. The summed E-state index contributed by atoms with van der Waals surface area (Å²) in [6.45, 7) is 7.04. The zero-order valence-corrected chi connectivity index (χ0v) is 19.2. The summed E-state index contributed by atoms with van der Waals surface area (Å²) < 4.78 is 13.0. The molecule has 0 aliphatic carbocycles. The van der Waals surface area contributed by atoms with Gasteiger partial charge in [-0.3, -0.25) is 4.79 Å². The van der Waals surface area contributed by atoms with Gasteiger partial charge in [-0.05, 0) is 37.1 Å². The Hall–Kier alpha value is -3.26. The van der Waals surface area contributed by atoms with Gasteiger partial charge in [0.25, 0.3) is 0 Å². The van der Waals surface area contributed by atoms with Crippen LogP contribution in [0.2, 0.25) is 0 Å². The third-order valence-corrected chi connectivity index (χ3v) is 5.65. The highest BCUT2D eigenvalue weighted by molar-refractivity contribution is 7.99. The van der Waals surface area contributed by atoms with Crippen molar-refractivity contribution in [1.29, 1.82) is 0 Å². The Balaban J connectivity index is 1.52. The van der Waals surface area contributed by atoms with Crippen LogP contribution in [0.15, 0.2) is 66.3 Å². The van der Waals surface area contributed by atoms with Gasteiger partial charge in [0, 0.05) is 24.7 Å². The van der Waals surface area contributed by atoms with Crippen LogP contribution in [0.1, 0.15) is 17.8 Å². The Morgan fingerprint density at radius 2 is 2.06 bits per heavy atom. The molecule has 7 nitrogen and oxygen atoms in total. The van der Waals surface area contributed by atoms with E-state index in [4.69, 9.17) is 9.47 Å². The van der Waals surface area contributed by atoms with Crippen molar-refractivity contribution in [1.82, 2.24) is 14.8 Å². The molecule has 0 saturated heterocycles. The number of thioether (sulfide) groups is 1. The lowest BCUT2D eigenvalue weighted by Gasteiger charge is -2.10. The lowest BCUT2D eigenvalue weighted by atomic mass is 10.2. The van der Waals surface area contributed by atoms with Gasteiger partial charge in [0.05, 0.1) is 19.5 Å². The Bertz CT molecular complexity index is 1050. The van der Waals surface area contributed by atoms with Crippen LogP contribution in [0, 0.1) is 6.92 Å². The molecule has 0 aliphatic heterocycles. The SMILES string of the molecule is C=CCn1c(CCCOc2ccccc2C)nnc1SCC(=O)Nc1cccc(OC)c1. The molecule has 3 rings (SSSR count). The van der Waals surface area contributed by atoms with E-state index < -0.39 is 0 Å². The molecular weight excluding hydrogens is 424 g/mol. The van der Waals surface area contributed by atoms with Crippen LogP contribution in [0.5, 0.6) is 11.5 Å². The van der Waals surface area contributed by atoms with Crippen molar-refractivity contribution in [2.45, 2.75) is 31.5 Å². The molecule has 1 N–H and O–H groups in total. The molecule has 0 atom stereocenters. The number of ether oxygens (including phenoxy) is 2. The van der Waals surface area contributed by atoms with Crippen molar-refractivity contribution in [3.63, 3.8) is 0 Å². The Labute approximate surface area is 192 Å². The summed E-state index contributed by atoms with van der Waals surface area (Å²) in [7, 11) is 1.59. The van der Waals surface area contributed by atoms with Gasteiger partial charge >= 0.3 is 0 Å². The van der Waals surface area contributed by atoms with Crippen molar-refractivity contribution in [2.24, 2.45) is 0 Å². The largest absolute Gasteiger partial charge is 0.497 e. The maximum atomic E-state index is 12.4. The Kier molecular flexibility index (Phi) is 8.74. The molecule has 0 spiro atoms. The first-order valence-electron chi connectivity index (χ1n) is 10.4. The fraction of sp³-hybridized carbons (Fsp3) is 0.292. The van der Waals surface area contributed by atoms with Gasteiger partial charge in [0.15, 0.2) is 5.16 Å². The van der Waals surface area contributed by atoms with Crippen molar-refractivity contribution in [2.75, 3.05) is 24.8 Å². The van der Waals surface area contributed by atoms with Crippen molar-refractivity contribution in [3.8, 4) is 11.5 Å². The van der Waals surface area contributed by atoms with E-state index in [1.54, 1.807) is 19.3 Å². The Morgan fingerprint density at radius 1 is 1.22 bits per heavy atom. The maximum Gasteiger partial charge on any atom is 0.234 e. The molecule has 1 amide bonds. The van der Waals surface area contributed by atoms with Crippen LogP contribution >= 0.6 is 11.8 Å². The quantitative estimate of drug-likeness (QED) is 0.247. The molecular formula is C24H28N4O3S. The number of nitrogens with one attached hydrogen (secondary N) is 1. The smallest absolute Gasteiger partial charge is 0.234 e. The van der Waals surface area contributed by atoms with Crippen molar-refractivity contribution in [3.05, 3.63) is 72.6 Å². The highest BCUT2D eigenvalue weighted by Crippen LogP contribution is 2.21. The highest BCUT2D eigenvalue weighted by Gasteiger charge is 2.14. The van der Waals surface area contributed by atoms with Gasteiger partial charge in [-0.15, -0.1) is 16.8 Å². The number of anilines is 1. The summed E-state index contributed by atoms with van der Waals surface area (Å²) in [6.07, 6.45) is 3.34. The summed E-state index contributed by atoms with van der Waals surface area (Å²) in [5, 5.41) is 12.2. The van der Waals surface area contributed by atoms with Crippen LogP contribution in [0.3, 0.4) is 0 Å². The number of rotatable bonds is 12. The molecule has 8 heteroatoms. The average Bonchev–Trinajstić information content (AvgIpc) is 3.18. The van der Waals surface area contributed by atoms with Crippen LogP contribution < -0.4 is 14.8 Å². The summed E-state index contributed by atoms with van der Waals surface area (Å²) in [5.74, 6) is 2.55. The number of para-hydroxylation sites is 1. The van der Waals surface area contributed by atoms with Crippen LogP contribution in [-0.2, 0) is 17.8 Å². The number of hydrogen-bond acceptors (Lipinski definition) is 6. The topological polar surface area (TPSA) is 78.3 Å². The average molecular weight is 453 g/mol. The third kappa shape index (κ3) is 6.62. The number of amides is 1. The van der Waals surface area contributed by atoms with Gasteiger partial charge < -0.3 is 19.4 Å². The lowest BCUT2D eigenvalue weighted by Crippen LogP contribution is -2.15. The second-order valence-corrected chi connectivity index (χ2v) is 8.03. The number of methoxy groups -OCH3 is 1. The minimum Gasteiger partial charge on any atom is -0.497 e. The number of aryl methyl sites for hydroxylation is 2. The molecule has 0 aliphatic rings. The van der Waals surface area contributed by atoms with E-state index in [9.17, 15) is 4.79 Å². The number of aromatic nitrogens is 3. The highest BCUT2D eigenvalue weighted by atomic mass is 32.2. The summed E-state index contributed by atoms with van der Waals surface area (Å²) in [6, 6.07) is 15.2. The van der Waals surface area contributed by atoms with E-state index in [1.165, 1.54) is 11.8 Å². The predicted molar refractivity (Wildman–Crippen MR) is 128 cm³/mol. The zero-order valence-electron chi connectivity index (χ0n) is 18.4. The summed E-state index contributed by atoms with van der Waals surface area (Å²) >= 11 is 1.35. The zero-order chi connectivity index (χ0) is 22.8. The normalized spacial score (nSPS) is 10.6. The fourth-order valence-electron chi connectivity index (χ4n) is 3.08. The molecule has 0 radical (unpaired) electrons. The molecule has 0 fully saturated rings.